The zero-order chi connectivity index (χ0) is 12.3. The lowest BCUT2D eigenvalue weighted by Gasteiger charge is -2.05. The fourth-order valence-electron chi connectivity index (χ4n) is 1.55. The molecule has 0 aliphatic rings. The second-order valence-electron chi connectivity index (χ2n) is 3.96. The van der Waals surface area contributed by atoms with Gasteiger partial charge in [0.15, 0.2) is 0 Å². The third kappa shape index (κ3) is 6.09. The first-order valence-corrected chi connectivity index (χ1v) is 6.12. The van der Waals surface area contributed by atoms with E-state index in [9.17, 15) is 0 Å². The summed E-state index contributed by atoms with van der Waals surface area (Å²) >= 11 is 0. The quantitative estimate of drug-likeness (QED) is 0.498. The van der Waals surface area contributed by atoms with Gasteiger partial charge in [-0.15, -0.1) is 0 Å². The van der Waals surface area contributed by atoms with E-state index in [0.29, 0.717) is 13.2 Å². The van der Waals surface area contributed by atoms with Crippen molar-refractivity contribution in [2.24, 2.45) is 0 Å². The number of benzene rings is 1. The molecule has 0 bridgehead atoms. The van der Waals surface area contributed by atoms with Crippen molar-refractivity contribution in [2.45, 2.75) is 19.4 Å². The summed E-state index contributed by atoms with van der Waals surface area (Å²) in [6, 6.07) is 8.14. The number of hydrogen-bond donors (Lipinski definition) is 2. The van der Waals surface area contributed by atoms with Crippen molar-refractivity contribution >= 4 is 0 Å². The fraction of sp³-hybridized carbons (Fsp3) is 0.429. The van der Waals surface area contributed by atoms with Crippen molar-refractivity contribution in [2.75, 3.05) is 19.8 Å². The average molecular weight is 236 g/mol. The molecule has 0 heterocycles. The first kappa shape index (κ1) is 13.7. The van der Waals surface area contributed by atoms with E-state index in [-0.39, 0.29) is 0 Å². The number of ether oxygens (including phenoxy) is 1. The van der Waals surface area contributed by atoms with E-state index < -0.39 is 0 Å². The topological polar surface area (TPSA) is 46.1 Å². The van der Waals surface area contributed by atoms with Crippen LogP contribution in [0.5, 0.6) is 5.75 Å². The number of hydrogen-bond acceptors (Lipinski definition) is 2. The highest BCUT2D eigenvalue weighted by Crippen LogP contribution is 2.11. The number of aliphatic hydroxyl groups excluding tert-OH is 1. The molecule has 0 saturated heterocycles. The van der Waals surface area contributed by atoms with Crippen LogP contribution >= 0.6 is 0 Å². The summed E-state index contributed by atoms with van der Waals surface area (Å²) in [5.74, 6) is 0.883. The lowest BCUT2D eigenvalue weighted by Crippen LogP contribution is -2.82. The smallest absolute Gasteiger partial charge is 0.119 e. The molecule has 0 spiro atoms. The van der Waals surface area contributed by atoms with E-state index in [0.717, 1.165) is 31.7 Å². The Hall–Kier alpha value is -1.32. The second kappa shape index (κ2) is 8.79. The molecule has 3 heteroatoms. The molecule has 0 fully saturated rings. The van der Waals surface area contributed by atoms with Gasteiger partial charge in [-0.05, 0) is 37.1 Å². The summed E-state index contributed by atoms with van der Waals surface area (Å²) in [7, 11) is 0. The zero-order valence-corrected chi connectivity index (χ0v) is 10.3. The van der Waals surface area contributed by atoms with E-state index in [1.165, 1.54) is 5.56 Å². The molecule has 0 aromatic heterocycles. The van der Waals surface area contributed by atoms with Crippen molar-refractivity contribution in [3.63, 3.8) is 0 Å². The summed E-state index contributed by atoms with van der Waals surface area (Å²) in [6.45, 7) is 6.50. The van der Waals surface area contributed by atoms with Crippen LogP contribution in [0.3, 0.4) is 0 Å². The molecule has 1 rings (SSSR count). The van der Waals surface area contributed by atoms with Gasteiger partial charge in [0.2, 0.25) is 0 Å². The van der Waals surface area contributed by atoms with Crippen molar-refractivity contribution in [3.05, 3.63) is 42.5 Å². The Morgan fingerprint density at radius 1 is 1.24 bits per heavy atom. The van der Waals surface area contributed by atoms with Gasteiger partial charge in [0, 0.05) is 12.2 Å². The minimum atomic E-state index is 0.295. The molecule has 0 atom stereocenters. The van der Waals surface area contributed by atoms with Crippen molar-refractivity contribution in [1.82, 2.24) is 0 Å². The van der Waals surface area contributed by atoms with Gasteiger partial charge >= 0.3 is 0 Å². The van der Waals surface area contributed by atoms with E-state index in [4.69, 9.17) is 9.84 Å². The Kier molecular flexibility index (Phi) is 7.11. The van der Waals surface area contributed by atoms with Crippen molar-refractivity contribution < 1.29 is 15.2 Å². The maximum Gasteiger partial charge on any atom is 0.119 e. The second-order valence-corrected chi connectivity index (χ2v) is 3.96. The molecule has 1 aromatic carbocycles. The molecule has 94 valence electrons. The number of aliphatic hydroxyl groups is 1. The molecule has 1 aromatic rings. The van der Waals surface area contributed by atoms with Gasteiger partial charge in [-0.3, -0.25) is 0 Å². The van der Waals surface area contributed by atoms with Crippen LogP contribution in [-0.2, 0) is 6.54 Å². The minimum Gasteiger partial charge on any atom is -0.490 e. The average Bonchev–Trinajstić information content (AvgIpc) is 2.37. The molecule has 0 unspecified atom stereocenters. The molecule has 0 aliphatic carbocycles. The number of quaternary nitrogens is 1. The summed E-state index contributed by atoms with van der Waals surface area (Å²) in [6.07, 6.45) is 3.70. The molecule has 0 aliphatic heterocycles. The third-order valence-electron chi connectivity index (χ3n) is 2.49. The van der Waals surface area contributed by atoms with Crippen LogP contribution in [0.4, 0.5) is 0 Å². The first-order chi connectivity index (χ1) is 8.36. The third-order valence-corrected chi connectivity index (χ3v) is 2.49. The van der Waals surface area contributed by atoms with Gasteiger partial charge in [0.1, 0.15) is 18.9 Å². The van der Waals surface area contributed by atoms with Gasteiger partial charge in [-0.1, -0.05) is 12.7 Å². The van der Waals surface area contributed by atoms with Crippen LogP contribution in [0.25, 0.3) is 0 Å². The SMILES string of the molecule is C=CCOc1ccc(C[NH2+]CCCCO)cc1. The molecule has 0 saturated carbocycles. The fourth-order valence-corrected chi connectivity index (χ4v) is 1.55. The monoisotopic (exact) mass is 236 g/mol. The van der Waals surface area contributed by atoms with Crippen LogP contribution in [0.15, 0.2) is 36.9 Å². The number of nitrogens with two attached hydrogens (primary N) is 1. The van der Waals surface area contributed by atoms with Crippen LogP contribution in [-0.4, -0.2) is 24.9 Å². The zero-order valence-electron chi connectivity index (χ0n) is 10.3. The van der Waals surface area contributed by atoms with Gasteiger partial charge in [-0.25, -0.2) is 0 Å². The maximum atomic E-state index is 8.65. The number of unbranched alkanes of at least 4 members (excludes halogenated alkanes) is 1. The minimum absolute atomic E-state index is 0.295. The van der Waals surface area contributed by atoms with E-state index in [1.54, 1.807) is 6.08 Å². The summed E-state index contributed by atoms with van der Waals surface area (Å²) in [5.41, 5.74) is 1.29. The Labute approximate surface area is 103 Å². The largest absolute Gasteiger partial charge is 0.490 e. The standard InChI is InChI=1S/C14H21NO2/c1-2-11-17-14-7-5-13(6-8-14)12-15-9-3-4-10-16/h2,5-8,15-16H,1,3-4,9-12H2/p+1. The Bertz CT molecular complexity index is 309. The first-order valence-electron chi connectivity index (χ1n) is 6.12. The Morgan fingerprint density at radius 2 is 2.00 bits per heavy atom. The van der Waals surface area contributed by atoms with Gasteiger partial charge in [0.05, 0.1) is 6.54 Å². The summed E-state index contributed by atoms with van der Waals surface area (Å²) in [5, 5.41) is 10.9. The van der Waals surface area contributed by atoms with Crippen LogP contribution in [0.2, 0.25) is 0 Å². The number of rotatable bonds is 9. The molecule has 0 radical (unpaired) electrons. The lowest BCUT2D eigenvalue weighted by molar-refractivity contribution is -0.671. The van der Waals surface area contributed by atoms with Crippen molar-refractivity contribution in [3.8, 4) is 5.75 Å². The molecule has 3 N–H and O–H groups in total. The van der Waals surface area contributed by atoms with Crippen LogP contribution in [0.1, 0.15) is 18.4 Å². The maximum absolute atomic E-state index is 8.65. The van der Waals surface area contributed by atoms with Crippen LogP contribution < -0.4 is 10.1 Å². The van der Waals surface area contributed by atoms with Gasteiger partial charge < -0.3 is 15.2 Å². The molecule has 17 heavy (non-hydrogen) atoms. The Morgan fingerprint density at radius 3 is 2.65 bits per heavy atom. The van der Waals surface area contributed by atoms with Crippen molar-refractivity contribution in [1.29, 1.82) is 0 Å². The predicted octanol–water partition coefficient (Wildman–Crippen LogP) is 1.09. The molecular weight excluding hydrogens is 214 g/mol. The molecular formula is C14H22NO2+. The van der Waals surface area contributed by atoms with E-state index in [2.05, 4.69) is 24.0 Å². The molecule has 3 nitrogen and oxygen atoms in total. The highest BCUT2D eigenvalue weighted by molar-refractivity contribution is 5.26. The Balaban J connectivity index is 2.23. The summed E-state index contributed by atoms with van der Waals surface area (Å²) in [4.78, 5) is 0. The van der Waals surface area contributed by atoms with Crippen LogP contribution in [0, 0.1) is 0 Å². The normalized spacial score (nSPS) is 10.2. The predicted molar refractivity (Wildman–Crippen MR) is 69.0 cm³/mol. The molecule has 0 amide bonds. The van der Waals surface area contributed by atoms with E-state index in [1.807, 2.05) is 12.1 Å². The van der Waals surface area contributed by atoms with E-state index >= 15 is 0 Å². The summed E-state index contributed by atoms with van der Waals surface area (Å²) < 4.78 is 5.41. The highest BCUT2D eigenvalue weighted by atomic mass is 16.5. The lowest BCUT2D eigenvalue weighted by atomic mass is 10.2. The van der Waals surface area contributed by atoms with Gasteiger partial charge in [-0.2, -0.15) is 0 Å². The van der Waals surface area contributed by atoms with Gasteiger partial charge in [0.25, 0.3) is 0 Å². The highest BCUT2D eigenvalue weighted by Gasteiger charge is 1.97.